The molecule has 0 bridgehead atoms. The quantitative estimate of drug-likeness (QED) is 0.607. The average Bonchev–Trinajstić information content (AvgIpc) is 2.45. The van der Waals surface area contributed by atoms with E-state index in [9.17, 15) is 34.8 Å². The lowest BCUT2D eigenvalue weighted by Crippen LogP contribution is -2.14. The second kappa shape index (κ2) is 5.96. The van der Waals surface area contributed by atoms with Crippen LogP contribution in [0.5, 0.6) is 5.75 Å². The highest BCUT2D eigenvalue weighted by atomic mass is 32.2. The highest BCUT2D eigenvalue weighted by Gasteiger charge is 2.37. The molecule has 0 radical (unpaired) electrons. The largest absolute Gasteiger partial charge is 0.416 e. The molecule has 0 atom stereocenters. The minimum Gasteiger partial charge on any atom is -0.379 e. The number of aromatic nitrogens is 1. The van der Waals surface area contributed by atoms with E-state index in [1.807, 2.05) is 0 Å². The molecule has 1 heterocycles. The van der Waals surface area contributed by atoms with Crippen molar-refractivity contribution in [2.75, 3.05) is 0 Å². The van der Waals surface area contributed by atoms with E-state index in [1.165, 1.54) is 12.3 Å². The van der Waals surface area contributed by atoms with Crippen LogP contribution in [-0.4, -0.2) is 13.4 Å². The normalized spacial score (nSPS) is 12.9. The second-order valence-electron chi connectivity index (χ2n) is 4.47. The Morgan fingerprint density at radius 2 is 1.46 bits per heavy atom. The number of hydrogen-bond acceptors (Lipinski definition) is 4. The summed E-state index contributed by atoms with van der Waals surface area (Å²) in [5.74, 6) is -1.11. The summed E-state index contributed by atoms with van der Waals surface area (Å²) in [6, 6.07) is 2.44. The predicted molar refractivity (Wildman–Crippen MR) is 68.5 cm³/mol. The number of halogens is 6. The summed E-state index contributed by atoms with van der Waals surface area (Å²) in [7, 11) is -4.64. The van der Waals surface area contributed by atoms with Crippen LogP contribution in [0.25, 0.3) is 0 Å². The van der Waals surface area contributed by atoms with Crippen LogP contribution in [0, 0.1) is 0 Å². The van der Waals surface area contributed by atoms with Gasteiger partial charge in [0.1, 0.15) is 10.6 Å². The molecular weight excluding hydrogens is 364 g/mol. The van der Waals surface area contributed by atoms with Gasteiger partial charge >= 0.3 is 22.5 Å². The van der Waals surface area contributed by atoms with Gasteiger partial charge in [-0.3, -0.25) is 4.98 Å². The Morgan fingerprint density at radius 1 is 0.917 bits per heavy atom. The predicted octanol–water partition coefficient (Wildman–Crippen LogP) is 3.89. The van der Waals surface area contributed by atoms with Gasteiger partial charge in [-0.15, -0.1) is 0 Å². The van der Waals surface area contributed by atoms with Gasteiger partial charge in [0.15, 0.2) is 0 Å². The molecule has 0 amide bonds. The number of benzene rings is 1. The smallest absolute Gasteiger partial charge is 0.379 e. The van der Waals surface area contributed by atoms with Crippen molar-refractivity contribution in [1.29, 1.82) is 0 Å². The Hall–Kier alpha value is -2.30. The van der Waals surface area contributed by atoms with E-state index in [0.29, 0.717) is 0 Å². The van der Waals surface area contributed by atoms with E-state index >= 15 is 0 Å². The van der Waals surface area contributed by atoms with Crippen LogP contribution in [-0.2, 0) is 22.5 Å². The highest BCUT2D eigenvalue weighted by Crippen LogP contribution is 2.38. The molecule has 0 aliphatic carbocycles. The molecule has 0 unspecified atom stereocenters. The number of alkyl halides is 6. The molecule has 0 saturated heterocycles. The topological polar surface area (TPSA) is 56.3 Å². The number of rotatable bonds is 3. The molecule has 4 nitrogen and oxygen atoms in total. The molecule has 0 aliphatic heterocycles. The Labute approximate surface area is 131 Å². The first-order chi connectivity index (χ1) is 10.9. The van der Waals surface area contributed by atoms with E-state index in [2.05, 4.69) is 9.17 Å². The number of pyridine rings is 1. The molecular formula is C13H7F6NO3S. The van der Waals surface area contributed by atoms with Crippen molar-refractivity contribution >= 4 is 10.1 Å². The molecule has 0 aliphatic rings. The van der Waals surface area contributed by atoms with Gasteiger partial charge < -0.3 is 4.18 Å². The van der Waals surface area contributed by atoms with Gasteiger partial charge in [-0.1, -0.05) is 0 Å². The Balaban J connectivity index is 2.51. The van der Waals surface area contributed by atoms with Crippen molar-refractivity contribution in [2.24, 2.45) is 0 Å². The van der Waals surface area contributed by atoms with E-state index < -0.39 is 44.2 Å². The molecule has 2 aromatic rings. The van der Waals surface area contributed by atoms with Gasteiger partial charge in [-0.2, -0.15) is 34.8 Å². The first kappa shape index (κ1) is 18.0. The fourth-order valence-electron chi connectivity index (χ4n) is 1.64. The molecule has 0 fully saturated rings. The van der Waals surface area contributed by atoms with Crippen LogP contribution >= 0.6 is 0 Å². The van der Waals surface area contributed by atoms with Gasteiger partial charge in [-0.25, -0.2) is 0 Å². The summed E-state index contributed by atoms with van der Waals surface area (Å²) >= 11 is 0. The number of nitrogens with zero attached hydrogens (tertiary/aromatic N) is 1. The van der Waals surface area contributed by atoms with E-state index in [1.54, 1.807) is 0 Å². The third-order valence-electron chi connectivity index (χ3n) is 2.69. The maximum absolute atomic E-state index is 12.7. The Kier molecular flexibility index (Phi) is 4.48. The molecule has 1 aromatic heterocycles. The molecule has 2 rings (SSSR count). The molecule has 0 N–H and O–H groups in total. The minimum absolute atomic E-state index is 0.135. The molecule has 0 spiro atoms. The minimum atomic E-state index is -5.11. The van der Waals surface area contributed by atoms with Crippen LogP contribution in [0.2, 0.25) is 0 Å². The summed E-state index contributed by atoms with van der Waals surface area (Å²) in [6.45, 7) is 0. The van der Waals surface area contributed by atoms with Crippen molar-refractivity contribution < 1.29 is 38.9 Å². The van der Waals surface area contributed by atoms with Gasteiger partial charge in [-0.05, 0) is 30.3 Å². The lowest BCUT2D eigenvalue weighted by Gasteiger charge is -2.14. The van der Waals surface area contributed by atoms with Gasteiger partial charge in [0.25, 0.3) is 0 Å². The maximum Gasteiger partial charge on any atom is 0.416 e. The molecule has 130 valence electrons. The standard InChI is InChI=1S/C13H7F6NO3S/c14-12(15,16)8-4-9(13(17,18)19)6-10(5-8)23-24(21,22)11-2-1-3-20-7-11/h1-7H. The maximum atomic E-state index is 12.7. The fraction of sp³-hybridized carbons (Fsp3) is 0.154. The molecule has 1 aromatic carbocycles. The van der Waals surface area contributed by atoms with Crippen LogP contribution in [0.4, 0.5) is 26.3 Å². The SMILES string of the molecule is O=S(=O)(Oc1cc(C(F)(F)F)cc(C(F)(F)F)c1)c1cccnc1. The summed E-state index contributed by atoms with van der Waals surface area (Å²) in [5, 5.41) is 0. The van der Waals surface area contributed by atoms with Crippen LogP contribution < -0.4 is 4.18 Å². The Bertz CT molecular complexity index is 799. The van der Waals surface area contributed by atoms with E-state index in [4.69, 9.17) is 0 Å². The molecule has 11 heteroatoms. The summed E-state index contributed by atoms with van der Waals surface area (Å²) in [4.78, 5) is 2.97. The van der Waals surface area contributed by atoms with Crippen molar-refractivity contribution in [3.05, 3.63) is 53.9 Å². The van der Waals surface area contributed by atoms with Crippen molar-refractivity contribution in [1.82, 2.24) is 4.98 Å². The first-order valence-electron chi connectivity index (χ1n) is 6.03. The molecule has 24 heavy (non-hydrogen) atoms. The van der Waals surface area contributed by atoms with Crippen molar-refractivity contribution in [3.63, 3.8) is 0 Å². The van der Waals surface area contributed by atoms with Crippen molar-refractivity contribution in [3.8, 4) is 5.75 Å². The van der Waals surface area contributed by atoms with Gasteiger partial charge in [0, 0.05) is 12.4 Å². The second-order valence-corrected chi connectivity index (χ2v) is 6.01. The number of hydrogen-bond donors (Lipinski definition) is 0. The zero-order valence-electron chi connectivity index (χ0n) is 11.4. The zero-order valence-corrected chi connectivity index (χ0v) is 12.2. The zero-order chi connectivity index (χ0) is 18.2. The average molecular weight is 371 g/mol. The van der Waals surface area contributed by atoms with Crippen LogP contribution in [0.15, 0.2) is 47.6 Å². The third kappa shape index (κ3) is 4.16. The Morgan fingerprint density at radius 3 is 1.88 bits per heavy atom. The monoisotopic (exact) mass is 371 g/mol. The van der Waals surface area contributed by atoms with Gasteiger partial charge in [0.05, 0.1) is 11.1 Å². The fourth-order valence-corrected chi connectivity index (χ4v) is 2.53. The van der Waals surface area contributed by atoms with Crippen molar-refractivity contribution in [2.45, 2.75) is 17.2 Å². The van der Waals surface area contributed by atoms with E-state index in [0.717, 1.165) is 12.3 Å². The summed E-state index contributed by atoms with van der Waals surface area (Å²) in [6.07, 6.45) is -8.16. The summed E-state index contributed by atoms with van der Waals surface area (Å²) in [5.41, 5.74) is -3.37. The third-order valence-corrected chi connectivity index (χ3v) is 3.92. The lowest BCUT2D eigenvalue weighted by molar-refractivity contribution is -0.143. The van der Waals surface area contributed by atoms with Gasteiger partial charge in [0.2, 0.25) is 0 Å². The summed E-state index contributed by atoms with van der Waals surface area (Å²) < 4.78 is 104. The van der Waals surface area contributed by atoms with Crippen LogP contribution in [0.1, 0.15) is 11.1 Å². The lowest BCUT2D eigenvalue weighted by atomic mass is 10.1. The van der Waals surface area contributed by atoms with E-state index in [-0.39, 0.29) is 18.2 Å². The highest BCUT2D eigenvalue weighted by molar-refractivity contribution is 7.87. The molecule has 0 saturated carbocycles. The van der Waals surface area contributed by atoms with Crippen LogP contribution in [0.3, 0.4) is 0 Å². The first-order valence-corrected chi connectivity index (χ1v) is 7.44.